The maximum Gasteiger partial charge on any atom is 0.410 e. The average molecular weight is 672 g/mol. The van der Waals surface area contributed by atoms with Crippen molar-refractivity contribution in [1.82, 2.24) is 4.90 Å². The van der Waals surface area contributed by atoms with Gasteiger partial charge < -0.3 is 38.4 Å². The Bertz CT molecular complexity index is 1650. The van der Waals surface area contributed by atoms with Crippen LogP contribution in [0, 0.1) is 5.92 Å². The zero-order valence-corrected chi connectivity index (χ0v) is 29.2. The number of rotatable bonds is 14. The molecule has 3 atom stereocenters. The van der Waals surface area contributed by atoms with Crippen LogP contribution in [0.3, 0.4) is 0 Å². The average Bonchev–Trinajstić information content (AvgIpc) is 3.11. The number of fused-ring (bicyclic) bond motifs is 1. The number of aliphatic hydroxyl groups is 1. The molecular weight excluding hydrogens is 622 g/mol. The first kappa shape index (κ1) is 36.0. The van der Waals surface area contributed by atoms with Crippen LogP contribution in [0.15, 0.2) is 84.9 Å². The third-order valence-corrected chi connectivity index (χ3v) is 8.63. The molecule has 1 saturated heterocycles. The molecule has 1 aliphatic rings. The number of para-hydroxylation sites is 1. The van der Waals surface area contributed by atoms with Crippen LogP contribution in [0.1, 0.15) is 49.8 Å². The van der Waals surface area contributed by atoms with Crippen LogP contribution < -0.4 is 14.2 Å². The van der Waals surface area contributed by atoms with E-state index in [-0.39, 0.29) is 18.4 Å². The van der Waals surface area contributed by atoms with Gasteiger partial charge in [0.2, 0.25) is 0 Å². The number of nitrogens with zero attached hydrogens (tertiary/aromatic N) is 1. The lowest BCUT2D eigenvalue weighted by Crippen LogP contribution is -2.53. The molecule has 0 aromatic heterocycles. The molecule has 1 N–H and O–H groups in total. The van der Waals surface area contributed by atoms with E-state index in [1.54, 1.807) is 19.1 Å². The number of carbonyl (C=O) groups excluding carboxylic acids is 1. The lowest BCUT2D eigenvalue weighted by Gasteiger charge is -2.43. The fourth-order valence-corrected chi connectivity index (χ4v) is 6.33. The van der Waals surface area contributed by atoms with Gasteiger partial charge in [-0.25, -0.2) is 4.79 Å². The predicted molar refractivity (Wildman–Crippen MR) is 189 cm³/mol. The molecule has 5 rings (SSSR count). The van der Waals surface area contributed by atoms with Gasteiger partial charge in [-0.1, -0.05) is 54.6 Å². The van der Waals surface area contributed by atoms with Gasteiger partial charge in [0.1, 0.15) is 22.8 Å². The van der Waals surface area contributed by atoms with Gasteiger partial charge in [0.15, 0.2) is 0 Å². The highest BCUT2D eigenvalue weighted by atomic mass is 16.6. The molecular formula is C40H49NO8. The molecule has 4 aromatic rings. The number of hydrogen-bond donors (Lipinski definition) is 1. The molecule has 49 heavy (non-hydrogen) atoms. The van der Waals surface area contributed by atoms with Crippen molar-refractivity contribution >= 4 is 16.9 Å². The summed E-state index contributed by atoms with van der Waals surface area (Å²) in [5.74, 6) is 1.92. The number of likely N-dealkylation sites (tertiary alicyclic amines) is 1. The van der Waals surface area contributed by atoms with E-state index < -0.39 is 17.8 Å². The first-order valence-electron chi connectivity index (χ1n) is 16.9. The Kier molecular flexibility index (Phi) is 12.4. The van der Waals surface area contributed by atoms with Gasteiger partial charge in [-0.05, 0) is 67.6 Å². The molecule has 0 spiro atoms. The van der Waals surface area contributed by atoms with Crippen LogP contribution >= 0.6 is 0 Å². The Morgan fingerprint density at radius 2 is 1.59 bits per heavy atom. The summed E-state index contributed by atoms with van der Waals surface area (Å²) in [7, 11) is 3.32. The fourth-order valence-electron chi connectivity index (χ4n) is 6.33. The summed E-state index contributed by atoms with van der Waals surface area (Å²) < 4.78 is 35.3. The third kappa shape index (κ3) is 9.65. The molecule has 1 aliphatic heterocycles. The zero-order valence-electron chi connectivity index (χ0n) is 29.2. The summed E-state index contributed by atoms with van der Waals surface area (Å²) in [5, 5.41) is 12.7. The van der Waals surface area contributed by atoms with Crippen molar-refractivity contribution in [1.29, 1.82) is 0 Å². The van der Waals surface area contributed by atoms with Crippen molar-refractivity contribution in [2.24, 2.45) is 5.92 Å². The van der Waals surface area contributed by atoms with Crippen LogP contribution in [-0.2, 0) is 27.4 Å². The standard InChI is InChI=1S/C40H49NO8/c1-40(2,3)49-39(43)41-23-32(25-42)38(37(24-41)48-26-28-21-30-11-6-8-13-34(30)36(22-28)45-5)29-15-17-33(18-16-29)47-20-10-19-46-27-31-12-7-9-14-35(31)44-4/h6-9,11-18,21-22,32,37-38,42H,10,19-20,23-27H2,1-5H3/t32-,37+,38+/m1/s1. The van der Waals surface area contributed by atoms with Crippen LogP contribution in [0.25, 0.3) is 10.8 Å². The molecule has 1 fully saturated rings. The number of carbonyl (C=O) groups is 1. The lowest BCUT2D eigenvalue weighted by atomic mass is 9.79. The molecule has 1 heterocycles. The quantitative estimate of drug-likeness (QED) is 0.139. The third-order valence-electron chi connectivity index (χ3n) is 8.63. The number of methoxy groups -OCH3 is 2. The number of ether oxygens (including phenoxy) is 6. The predicted octanol–water partition coefficient (Wildman–Crippen LogP) is 7.37. The van der Waals surface area contributed by atoms with Crippen molar-refractivity contribution in [3.8, 4) is 17.2 Å². The van der Waals surface area contributed by atoms with E-state index in [1.807, 2.05) is 93.6 Å². The van der Waals surface area contributed by atoms with Gasteiger partial charge in [-0.3, -0.25) is 0 Å². The van der Waals surface area contributed by atoms with Crippen LogP contribution in [0.4, 0.5) is 4.79 Å². The van der Waals surface area contributed by atoms with Gasteiger partial charge in [0.25, 0.3) is 0 Å². The topological polar surface area (TPSA) is 95.9 Å². The number of hydrogen-bond acceptors (Lipinski definition) is 8. The van der Waals surface area contributed by atoms with Gasteiger partial charge >= 0.3 is 6.09 Å². The summed E-state index contributed by atoms with van der Waals surface area (Å²) >= 11 is 0. The zero-order chi connectivity index (χ0) is 34.8. The summed E-state index contributed by atoms with van der Waals surface area (Å²) in [5.41, 5.74) is 2.34. The molecule has 0 unspecified atom stereocenters. The van der Waals surface area contributed by atoms with E-state index in [9.17, 15) is 9.90 Å². The van der Waals surface area contributed by atoms with Gasteiger partial charge in [0, 0.05) is 42.4 Å². The molecule has 9 heteroatoms. The molecule has 0 saturated carbocycles. The highest BCUT2D eigenvalue weighted by Crippen LogP contribution is 2.37. The highest BCUT2D eigenvalue weighted by Gasteiger charge is 2.41. The molecule has 0 aliphatic carbocycles. The molecule has 262 valence electrons. The molecule has 0 bridgehead atoms. The minimum atomic E-state index is -0.641. The van der Waals surface area contributed by atoms with Crippen molar-refractivity contribution < 1.29 is 38.3 Å². The monoisotopic (exact) mass is 671 g/mol. The first-order chi connectivity index (χ1) is 23.7. The van der Waals surface area contributed by atoms with Crippen molar-refractivity contribution in [3.63, 3.8) is 0 Å². The van der Waals surface area contributed by atoms with E-state index in [2.05, 4.69) is 12.1 Å². The normalized spacial score (nSPS) is 17.9. The Morgan fingerprint density at radius 1 is 0.857 bits per heavy atom. The summed E-state index contributed by atoms with van der Waals surface area (Å²) in [6.07, 6.45) is -0.0775. The smallest absolute Gasteiger partial charge is 0.410 e. The van der Waals surface area contributed by atoms with E-state index in [0.717, 1.165) is 51.1 Å². The SMILES string of the molecule is COc1ccccc1COCCCOc1ccc([C@H]2[C@@H](CO)CN(C(=O)OC(C)(C)C)C[C@@H]2OCc2cc(OC)c3ccccc3c2)cc1. The van der Waals surface area contributed by atoms with E-state index in [0.29, 0.717) is 39.5 Å². The molecule has 0 radical (unpaired) electrons. The number of aliphatic hydroxyl groups excluding tert-OH is 1. The summed E-state index contributed by atoms with van der Waals surface area (Å²) in [4.78, 5) is 14.9. The maximum atomic E-state index is 13.2. The van der Waals surface area contributed by atoms with Crippen molar-refractivity contribution in [2.45, 2.75) is 58.0 Å². The van der Waals surface area contributed by atoms with Crippen LogP contribution in [0.2, 0.25) is 0 Å². The Labute approximate surface area is 289 Å². The largest absolute Gasteiger partial charge is 0.496 e. The lowest BCUT2D eigenvalue weighted by molar-refractivity contribution is -0.0600. The highest BCUT2D eigenvalue weighted by molar-refractivity contribution is 5.89. The minimum absolute atomic E-state index is 0.110. The van der Waals surface area contributed by atoms with Crippen molar-refractivity contribution in [2.75, 3.05) is 47.1 Å². The minimum Gasteiger partial charge on any atom is -0.496 e. The van der Waals surface area contributed by atoms with Gasteiger partial charge in [0.05, 0.1) is 53.3 Å². The Morgan fingerprint density at radius 3 is 2.33 bits per heavy atom. The molecule has 9 nitrogen and oxygen atoms in total. The van der Waals surface area contributed by atoms with E-state index in [1.165, 1.54) is 0 Å². The number of piperidine rings is 1. The second-order valence-electron chi connectivity index (χ2n) is 13.4. The Balaban J connectivity index is 1.25. The van der Waals surface area contributed by atoms with Gasteiger partial charge in [-0.15, -0.1) is 0 Å². The second kappa shape index (κ2) is 16.9. The summed E-state index contributed by atoms with van der Waals surface area (Å²) in [6, 6.07) is 27.9. The number of benzene rings is 4. The van der Waals surface area contributed by atoms with Crippen LogP contribution in [0.5, 0.6) is 17.2 Å². The Hall–Kier alpha value is -4.31. The fraction of sp³-hybridized carbons (Fsp3) is 0.425. The molecule has 1 amide bonds. The first-order valence-corrected chi connectivity index (χ1v) is 16.9. The summed E-state index contributed by atoms with van der Waals surface area (Å²) in [6.45, 7) is 7.98. The van der Waals surface area contributed by atoms with Crippen molar-refractivity contribution in [3.05, 3.63) is 102 Å². The van der Waals surface area contributed by atoms with Crippen LogP contribution in [-0.4, -0.2) is 74.9 Å². The second-order valence-corrected chi connectivity index (χ2v) is 13.4. The number of amides is 1. The molecule has 4 aromatic carbocycles. The van der Waals surface area contributed by atoms with E-state index >= 15 is 0 Å². The van der Waals surface area contributed by atoms with Gasteiger partial charge in [-0.2, -0.15) is 0 Å². The maximum absolute atomic E-state index is 13.2. The van der Waals surface area contributed by atoms with E-state index in [4.69, 9.17) is 28.4 Å².